The average Bonchev–Trinajstić information content (AvgIpc) is 2.54. The number of Topliss-reactive ketones (excluding diaryl/α,β-unsaturated/α-hetero) is 1. The van der Waals surface area contributed by atoms with Gasteiger partial charge in [-0.15, -0.1) is 0 Å². The van der Waals surface area contributed by atoms with E-state index in [1.807, 2.05) is 0 Å². The number of anilines is 1. The predicted molar refractivity (Wildman–Crippen MR) is 64.9 cm³/mol. The lowest BCUT2D eigenvalue weighted by Gasteiger charge is -2.16. The second-order valence-corrected chi connectivity index (χ2v) is 4.53. The Kier molecular flexibility index (Phi) is 3.16. The number of nitrogens with one attached hydrogen (secondary N) is 1. The molecule has 1 heterocycles. The van der Waals surface area contributed by atoms with Crippen molar-refractivity contribution in [2.24, 2.45) is 0 Å². The molecule has 0 aromatic heterocycles. The molecule has 0 unspecified atom stereocenters. The third-order valence-electron chi connectivity index (χ3n) is 2.56. The summed E-state index contributed by atoms with van der Waals surface area (Å²) in [6.45, 7) is -0.279. The van der Waals surface area contributed by atoms with Gasteiger partial charge in [0, 0.05) is 11.5 Å². The van der Waals surface area contributed by atoms with Gasteiger partial charge in [-0.1, -0.05) is 0 Å². The van der Waals surface area contributed by atoms with E-state index in [9.17, 15) is 18.8 Å². The maximum Gasteiger partial charge on any atom is 0.299 e. The molecule has 0 saturated carbocycles. The highest BCUT2D eigenvalue weighted by molar-refractivity contribution is 9.10. The summed E-state index contributed by atoms with van der Waals surface area (Å²) < 4.78 is 13.5. The fourth-order valence-corrected chi connectivity index (χ4v) is 2.37. The number of ketones is 1. The molecule has 1 aromatic carbocycles. The number of benzene rings is 1. The molecule has 5 nitrogen and oxygen atoms in total. The highest BCUT2D eigenvalue weighted by Gasteiger charge is 2.38. The summed E-state index contributed by atoms with van der Waals surface area (Å²) in [5, 5.41) is 2.36. The number of carbonyl (C=O) groups excluding carboxylic acids is 3. The molecular weight excluding hydrogens is 307 g/mol. The van der Waals surface area contributed by atoms with E-state index in [1.165, 1.54) is 7.05 Å². The van der Waals surface area contributed by atoms with Crippen LogP contribution in [0.3, 0.4) is 0 Å². The molecule has 18 heavy (non-hydrogen) atoms. The summed E-state index contributed by atoms with van der Waals surface area (Å²) in [4.78, 5) is 35.7. The molecule has 2 rings (SSSR count). The summed E-state index contributed by atoms with van der Waals surface area (Å²) in [7, 11) is 1.42. The minimum atomic E-state index is -0.833. The minimum absolute atomic E-state index is 0.0317. The Labute approximate surface area is 110 Å². The summed E-state index contributed by atoms with van der Waals surface area (Å²) in [5.41, 5.74) is 0.200. The van der Waals surface area contributed by atoms with Crippen molar-refractivity contribution in [3.05, 3.63) is 28.0 Å². The second-order valence-electron chi connectivity index (χ2n) is 3.68. The summed E-state index contributed by atoms with van der Waals surface area (Å²) in [6.07, 6.45) is 0. The van der Waals surface area contributed by atoms with Crippen LogP contribution in [0.4, 0.5) is 10.1 Å². The van der Waals surface area contributed by atoms with Crippen LogP contribution in [0.2, 0.25) is 0 Å². The largest absolute Gasteiger partial charge is 0.358 e. The molecule has 1 aromatic rings. The standard InChI is InChI=1S/C11H8BrFN2O3/c1-14-8(16)4-15-9-6(10(17)11(15)18)2-5(13)3-7(9)12/h2-3H,4H2,1H3,(H,14,16). The second kappa shape index (κ2) is 4.49. The van der Waals surface area contributed by atoms with Crippen molar-refractivity contribution in [3.8, 4) is 0 Å². The van der Waals surface area contributed by atoms with Gasteiger partial charge in [-0.05, 0) is 28.1 Å². The zero-order valence-corrected chi connectivity index (χ0v) is 10.9. The van der Waals surface area contributed by atoms with E-state index >= 15 is 0 Å². The van der Waals surface area contributed by atoms with Crippen LogP contribution in [0.5, 0.6) is 0 Å². The zero-order valence-electron chi connectivity index (χ0n) is 9.29. The first-order chi connectivity index (χ1) is 8.45. The molecule has 0 atom stereocenters. The van der Waals surface area contributed by atoms with Gasteiger partial charge < -0.3 is 5.32 Å². The van der Waals surface area contributed by atoms with Crippen molar-refractivity contribution >= 4 is 39.2 Å². The van der Waals surface area contributed by atoms with Gasteiger partial charge in [-0.3, -0.25) is 19.3 Å². The number of hydrogen-bond acceptors (Lipinski definition) is 3. The highest BCUT2D eigenvalue weighted by atomic mass is 79.9. The lowest BCUT2D eigenvalue weighted by Crippen LogP contribution is -2.39. The minimum Gasteiger partial charge on any atom is -0.358 e. The molecule has 0 bridgehead atoms. The molecule has 94 valence electrons. The summed E-state index contributed by atoms with van der Waals surface area (Å²) in [5.74, 6) is -2.68. The highest BCUT2D eigenvalue weighted by Crippen LogP contribution is 2.36. The number of likely N-dealkylation sites (N-methyl/N-ethyl adjacent to an activating group) is 1. The van der Waals surface area contributed by atoms with Crippen LogP contribution in [0, 0.1) is 5.82 Å². The van der Waals surface area contributed by atoms with E-state index in [0.717, 1.165) is 17.0 Å². The lowest BCUT2D eigenvalue weighted by molar-refractivity contribution is -0.121. The van der Waals surface area contributed by atoms with Crippen LogP contribution in [0.25, 0.3) is 0 Å². The van der Waals surface area contributed by atoms with Crippen molar-refractivity contribution in [3.63, 3.8) is 0 Å². The Morgan fingerprint density at radius 1 is 1.44 bits per heavy atom. The maximum absolute atomic E-state index is 13.2. The first-order valence-electron chi connectivity index (χ1n) is 5.01. The van der Waals surface area contributed by atoms with Gasteiger partial charge in [0.1, 0.15) is 12.4 Å². The third-order valence-corrected chi connectivity index (χ3v) is 3.17. The number of fused-ring (bicyclic) bond motifs is 1. The molecule has 0 spiro atoms. The van der Waals surface area contributed by atoms with Gasteiger partial charge in [0.2, 0.25) is 5.91 Å². The third kappa shape index (κ3) is 1.90. The normalized spacial score (nSPS) is 13.8. The SMILES string of the molecule is CNC(=O)CN1C(=O)C(=O)c2cc(F)cc(Br)c21. The van der Waals surface area contributed by atoms with Gasteiger partial charge >= 0.3 is 0 Å². The van der Waals surface area contributed by atoms with E-state index in [4.69, 9.17) is 0 Å². The van der Waals surface area contributed by atoms with E-state index in [-0.39, 0.29) is 22.3 Å². The number of nitrogens with zero attached hydrogens (tertiary/aromatic N) is 1. The summed E-state index contributed by atoms with van der Waals surface area (Å²) in [6, 6.07) is 2.13. The quantitative estimate of drug-likeness (QED) is 0.823. The van der Waals surface area contributed by atoms with Gasteiger partial charge in [0.05, 0.1) is 11.3 Å². The smallest absolute Gasteiger partial charge is 0.299 e. The van der Waals surface area contributed by atoms with Crippen LogP contribution in [0.1, 0.15) is 10.4 Å². The van der Waals surface area contributed by atoms with Gasteiger partial charge in [0.15, 0.2) is 0 Å². The monoisotopic (exact) mass is 314 g/mol. The average molecular weight is 315 g/mol. The predicted octanol–water partition coefficient (Wildman–Crippen LogP) is 0.863. The molecule has 1 aliphatic heterocycles. The van der Waals surface area contributed by atoms with Gasteiger partial charge in [-0.2, -0.15) is 0 Å². The molecule has 0 fully saturated rings. The number of rotatable bonds is 2. The Balaban J connectivity index is 2.51. The zero-order chi connectivity index (χ0) is 13.4. The van der Waals surface area contributed by atoms with Crippen molar-refractivity contribution in [2.45, 2.75) is 0 Å². The molecule has 1 aliphatic rings. The van der Waals surface area contributed by atoms with E-state index in [1.54, 1.807) is 0 Å². The Hall–Kier alpha value is -1.76. The molecule has 1 N–H and O–H groups in total. The molecule has 2 amide bonds. The van der Waals surface area contributed by atoms with Crippen LogP contribution in [-0.2, 0) is 9.59 Å². The lowest BCUT2D eigenvalue weighted by atomic mass is 10.1. The molecule has 0 aliphatic carbocycles. The van der Waals surface area contributed by atoms with E-state index in [2.05, 4.69) is 21.2 Å². The van der Waals surface area contributed by atoms with E-state index < -0.39 is 23.4 Å². The van der Waals surface area contributed by atoms with Crippen molar-refractivity contribution in [1.29, 1.82) is 0 Å². The van der Waals surface area contributed by atoms with Crippen molar-refractivity contribution in [2.75, 3.05) is 18.5 Å². The van der Waals surface area contributed by atoms with Crippen molar-refractivity contribution < 1.29 is 18.8 Å². The Bertz CT molecular complexity index is 574. The van der Waals surface area contributed by atoms with Gasteiger partial charge in [0.25, 0.3) is 11.7 Å². The molecule has 7 heteroatoms. The topological polar surface area (TPSA) is 66.5 Å². The maximum atomic E-state index is 13.2. The molecule has 0 saturated heterocycles. The van der Waals surface area contributed by atoms with Crippen LogP contribution < -0.4 is 10.2 Å². The van der Waals surface area contributed by atoms with E-state index in [0.29, 0.717) is 0 Å². The first-order valence-corrected chi connectivity index (χ1v) is 5.81. The summed E-state index contributed by atoms with van der Waals surface area (Å²) >= 11 is 3.09. The fourth-order valence-electron chi connectivity index (χ4n) is 1.73. The molecule has 0 radical (unpaired) electrons. The van der Waals surface area contributed by atoms with Crippen LogP contribution >= 0.6 is 15.9 Å². The van der Waals surface area contributed by atoms with Crippen LogP contribution in [-0.4, -0.2) is 31.2 Å². The molecular formula is C11H8BrFN2O3. The fraction of sp³-hybridized carbons (Fsp3) is 0.182. The van der Waals surface area contributed by atoms with Crippen molar-refractivity contribution in [1.82, 2.24) is 5.32 Å². The Morgan fingerprint density at radius 3 is 2.72 bits per heavy atom. The number of amides is 2. The number of carbonyl (C=O) groups is 3. The van der Waals surface area contributed by atoms with Crippen LogP contribution in [0.15, 0.2) is 16.6 Å². The number of hydrogen-bond donors (Lipinski definition) is 1. The number of halogens is 2. The van der Waals surface area contributed by atoms with Gasteiger partial charge in [-0.25, -0.2) is 4.39 Å². The Morgan fingerprint density at radius 2 is 2.11 bits per heavy atom. The first kappa shape index (κ1) is 12.7.